The summed E-state index contributed by atoms with van der Waals surface area (Å²) in [5.74, 6) is 5.09. The topological polar surface area (TPSA) is 38.5 Å². The third-order valence-corrected chi connectivity index (χ3v) is 0.514. The van der Waals surface area contributed by atoms with Gasteiger partial charge in [0.05, 0.1) is 0 Å². The minimum absolute atomic E-state index is 0.597. The fraction of sp³-hybridized carbons (Fsp3) is 1.00. The molecule has 0 atom stereocenters. The first-order valence-electron chi connectivity index (χ1n) is 1.47. The van der Waals surface area contributed by atoms with E-state index < -0.39 is 0 Å². The SMILES string of the molecule is NN1COC1. The van der Waals surface area contributed by atoms with Crippen LogP contribution in [0.2, 0.25) is 0 Å². The quantitative estimate of drug-likeness (QED) is 0.379. The second kappa shape index (κ2) is 0.931. The van der Waals surface area contributed by atoms with Gasteiger partial charge in [0, 0.05) is 0 Å². The maximum Gasteiger partial charge on any atom is 0.116 e. The smallest absolute Gasteiger partial charge is 0.116 e. The molecule has 5 heavy (non-hydrogen) atoms. The van der Waals surface area contributed by atoms with Gasteiger partial charge < -0.3 is 4.74 Å². The molecular formula is C2H6N2O. The third kappa shape index (κ3) is 0.397. The Kier molecular flexibility index (Phi) is 0.574. The normalized spacial score (nSPS) is 25.8. The molecule has 0 amide bonds. The molecule has 3 nitrogen and oxygen atoms in total. The van der Waals surface area contributed by atoms with Crippen molar-refractivity contribution in [2.45, 2.75) is 0 Å². The minimum Gasteiger partial charge on any atom is -0.348 e. The molecule has 1 fully saturated rings. The van der Waals surface area contributed by atoms with Crippen molar-refractivity contribution in [1.29, 1.82) is 0 Å². The predicted octanol–water partition coefficient (Wildman–Crippen LogP) is -0.893. The van der Waals surface area contributed by atoms with Crippen LogP contribution in [0.4, 0.5) is 0 Å². The van der Waals surface area contributed by atoms with Crippen LogP contribution in [0.1, 0.15) is 0 Å². The van der Waals surface area contributed by atoms with E-state index in [0.29, 0.717) is 13.5 Å². The average molecular weight is 74.1 g/mol. The van der Waals surface area contributed by atoms with Crippen LogP contribution < -0.4 is 5.84 Å². The summed E-state index contributed by atoms with van der Waals surface area (Å²) in [4.78, 5) is 0. The van der Waals surface area contributed by atoms with Gasteiger partial charge in [0.1, 0.15) is 13.5 Å². The first-order valence-corrected chi connectivity index (χ1v) is 1.47. The number of rotatable bonds is 0. The summed E-state index contributed by atoms with van der Waals surface area (Å²) in [5, 5.41) is 1.58. The van der Waals surface area contributed by atoms with Gasteiger partial charge in [0.15, 0.2) is 0 Å². The highest BCUT2D eigenvalue weighted by atomic mass is 16.6. The molecule has 1 aliphatic heterocycles. The van der Waals surface area contributed by atoms with Crippen molar-refractivity contribution in [2.24, 2.45) is 5.84 Å². The Bertz CT molecular complexity index is 34.6. The summed E-state index contributed by atoms with van der Waals surface area (Å²) < 4.78 is 4.64. The number of hydrogen-bond donors (Lipinski definition) is 1. The Balaban J connectivity index is 2.08. The van der Waals surface area contributed by atoms with E-state index in [4.69, 9.17) is 5.84 Å². The second-order valence-electron chi connectivity index (χ2n) is 1.05. The van der Waals surface area contributed by atoms with Crippen molar-refractivity contribution < 1.29 is 4.74 Å². The number of hydrazine groups is 1. The number of hydrogen-bond acceptors (Lipinski definition) is 3. The van der Waals surface area contributed by atoms with Gasteiger partial charge >= 0.3 is 0 Å². The van der Waals surface area contributed by atoms with Gasteiger partial charge in [-0.2, -0.15) is 5.01 Å². The van der Waals surface area contributed by atoms with E-state index in [1.807, 2.05) is 0 Å². The highest BCUT2D eigenvalue weighted by molar-refractivity contribution is 4.35. The molecule has 3 heteroatoms. The van der Waals surface area contributed by atoms with Crippen LogP contribution in [0.3, 0.4) is 0 Å². The van der Waals surface area contributed by atoms with Gasteiger partial charge in [-0.1, -0.05) is 0 Å². The summed E-state index contributed by atoms with van der Waals surface area (Å²) in [6.45, 7) is 1.19. The molecule has 0 aliphatic carbocycles. The highest BCUT2D eigenvalue weighted by Gasteiger charge is 2.05. The molecule has 0 aromatic rings. The zero-order valence-corrected chi connectivity index (χ0v) is 2.85. The predicted molar refractivity (Wildman–Crippen MR) is 16.8 cm³/mol. The molecule has 1 rings (SSSR count). The van der Waals surface area contributed by atoms with E-state index in [2.05, 4.69) is 4.74 Å². The third-order valence-electron chi connectivity index (χ3n) is 0.514. The zero-order chi connectivity index (χ0) is 3.70. The molecule has 0 aromatic carbocycles. The van der Waals surface area contributed by atoms with E-state index in [9.17, 15) is 0 Å². The van der Waals surface area contributed by atoms with Gasteiger partial charge in [-0.05, 0) is 0 Å². The highest BCUT2D eigenvalue weighted by Crippen LogP contribution is 1.89. The Morgan fingerprint density at radius 2 is 2.00 bits per heavy atom. The Labute approximate surface area is 30.3 Å². The lowest BCUT2D eigenvalue weighted by Crippen LogP contribution is -2.45. The molecular weight excluding hydrogens is 68.0 g/mol. The molecule has 1 saturated heterocycles. The van der Waals surface area contributed by atoms with Crippen LogP contribution in [-0.2, 0) is 4.74 Å². The molecule has 0 unspecified atom stereocenters. The van der Waals surface area contributed by atoms with Gasteiger partial charge in [-0.15, -0.1) is 0 Å². The van der Waals surface area contributed by atoms with E-state index in [1.54, 1.807) is 5.01 Å². The van der Waals surface area contributed by atoms with E-state index >= 15 is 0 Å². The molecule has 1 heterocycles. The molecule has 30 valence electrons. The summed E-state index contributed by atoms with van der Waals surface area (Å²) in [7, 11) is 0. The van der Waals surface area contributed by atoms with Crippen LogP contribution in [0.5, 0.6) is 0 Å². The molecule has 0 bridgehead atoms. The summed E-state index contributed by atoms with van der Waals surface area (Å²) in [6.07, 6.45) is 0. The van der Waals surface area contributed by atoms with Crippen LogP contribution in [0.15, 0.2) is 0 Å². The van der Waals surface area contributed by atoms with Gasteiger partial charge in [-0.3, -0.25) is 5.84 Å². The van der Waals surface area contributed by atoms with Crippen molar-refractivity contribution >= 4 is 0 Å². The minimum atomic E-state index is 0.597. The first kappa shape index (κ1) is 3.08. The lowest BCUT2D eigenvalue weighted by molar-refractivity contribution is -0.145. The molecule has 0 radical (unpaired) electrons. The van der Waals surface area contributed by atoms with E-state index in [-0.39, 0.29) is 0 Å². The average Bonchev–Trinajstić information content (AvgIpc) is 1.30. The summed E-state index contributed by atoms with van der Waals surface area (Å²) in [6, 6.07) is 0. The first-order chi connectivity index (χ1) is 2.39. The van der Waals surface area contributed by atoms with Gasteiger partial charge in [0.2, 0.25) is 0 Å². The second-order valence-corrected chi connectivity index (χ2v) is 1.05. The zero-order valence-electron chi connectivity index (χ0n) is 2.85. The summed E-state index contributed by atoms with van der Waals surface area (Å²) in [5.41, 5.74) is 0. The Hall–Kier alpha value is -0.120. The maximum absolute atomic E-state index is 5.09. The van der Waals surface area contributed by atoms with Crippen LogP contribution >= 0.6 is 0 Å². The van der Waals surface area contributed by atoms with Gasteiger partial charge in [-0.25, -0.2) is 0 Å². The van der Waals surface area contributed by atoms with Crippen LogP contribution in [0.25, 0.3) is 0 Å². The lowest BCUT2D eigenvalue weighted by Gasteiger charge is -2.24. The van der Waals surface area contributed by atoms with Crippen molar-refractivity contribution in [3.8, 4) is 0 Å². The Morgan fingerprint density at radius 1 is 1.60 bits per heavy atom. The molecule has 0 spiro atoms. The lowest BCUT2D eigenvalue weighted by atomic mass is 10.9. The van der Waals surface area contributed by atoms with Gasteiger partial charge in [0.25, 0.3) is 0 Å². The fourth-order valence-corrected chi connectivity index (χ4v) is 0.197. The number of ether oxygens (including phenoxy) is 1. The van der Waals surface area contributed by atoms with Crippen molar-refractivity contribution in [2.75, 3.05) is 13.5 Å². The number of nitrogens with two attached hydrogens (primary N) is 1. The van der Waals surface area contributed by atoms with Crippen molar-refractivity contribution in [3.63, 3.8) is 0 Å². The fourth-order valence-electron chi connectivity index (χ4n) is 0.197. The van der Waals surface area contributed by atoms with Crippen molar-refractivity contribution in [3.05, 3.63) is 0 Å². The largest absolute Gasteiger partial charge is 0.348 e. The van der Waals surface area contributed by atoms with E-state index in [1.165, 1.54) is 0 Å². The van der Waals surface area contributed by atoms with E-state index in [0.717, 1.165) is 0 Å². The molecule has 1 aliphatic rings. The molecule has 2 N–H and O–H groups in total. The summed E-state index contributed by atoms with van der Waals surface area (Å²) >= 11 is 0. The van der Waals surface area contributed by atoms with Crippen molar-refractivity contribution in [1.82, 2.24) is 5.01 Å². The monoisotopic (exact) mass is 74.0 g/mol. The number of nitrogens with zero attached hydrogens (tertiary/aromatic N) is 1. The van der Waals surface area contributed by atoms with Crippen LogP contribution in [-0.4, -0.2) is 18.5 Å². The standard InChI is InChI=1S/C2H6N2O/c3-4-1-5-2-4/h1-3H2. The maximum atomic E-state index is 5.09. The Morgan fingerprint density at radius 3 is 2.00 bits per heavy atom. The molecule has 0 aromatic heterocycles. The molecule has 0 saturated carbocycles. The van der Waals surface area contributed by atoms with Crippen LogP contribution in [0, 0.1) is 0 Å².